The van der Waals surface area contributed by atoms with Crippen molar-refractivity contribution in [3.8, 4) is 0 Å². The number of fused-ring (bicyclic) bond motifs is 3. The molecule has 134 valence electrons. The number of aromatic nitrogens is 4. The number of rotatable bonds is 5. The van der Waals surface area contributed by atoms with E-state index in [0.29, 0.717) is 24.6 Å². The van der Waals surface area contributed by atoms with E-state index in [2.05, 4.69) is 15.3 Å². The lowest BCUT2D eigenvalue weighted by Gasteiger charge is -2.19. The zero-order chi connectivity index (χ0) is 18.6. The third kappa shape index (κ3) is 3.42. The normalized spacial score (nSPS) is 11.4. The monoisotopic (exact) mass is 357 g/mol. The summed E-state index contributed by atoms with van der Waals surface area (Å²) in [4.78, 5) is 14.4. The van der Waals surface area contributed by atoms with Crippen molar-refractivity contribution in [3.63, 3.8) is 0 Å². The van der Waals surface area contributed by atoms with Crippen LogP contribution >= 0.6 is 0 Å². The molecule has 0 radical (unpaired) electrons. The zero-order valence-corrected chi connectivity index (χ0v) is 15.0. The minimum absolute atomic E-state index is 0.0705. The first-order chi connectivity index (χ1) is 13.3. The van der Waals surface area contributed by atoms with E-state index in [0.717, 1.165) is 16.3 Å². The van der Waals surface area contributed by atoms with E-state index in [9.17, 15) is 4.79 Å². The van der Waals surface area contributed by atoms with E-state index in [-0.39, 0.29) is 5.91 Å². The maximum atomic E-state index is 12.6. The Kier molecular flexibility index (Phi) is 4.61. The van der Waals surface area contributed by atoms with Gasteiger partial charge in [-0.3, -0.25) is 4.79 Å². The topological polar surface area (TPSA) is 63.4 Å². The van der Waals surface area contributed by atoms with Crippen LogP contribution in [0.3, 0.4) is 0 Å². The Morgan fingerprint density at radius 2 is 1.85 bits per heavy atom. The molecule has 0 bridgehead atoms. The summed E-state index contributed by atoms with van der Waals surface area (Å²) in [6, 6.07) is 17.8. The van der Waals surface area contributed by atoms with Gasteiger partial charge in [0, 0.05) is 29.9 Å². The Morgan fingerprint density at radius 1 is 1.07 bits per heavy atom. The second-order valence-electron chi connectivity index (χ2n) is 6.20. The predicted molar refractivity (Wildman–Crippen MR) is 105 cm³/mol. The fourth-order valence-electron chi connectivity index (χ4n) is 3.01. The summed E-state index contributed by atoms with van der Waals surface area (Å²) < 4.78 is 1.65. The van der Waals surface area contributed by atoms with Gasteiger partial charge in [-0.1, -0.05) is 54.6 Å². The minimum atomic E-state index is -0.0705. The molecule has 4 rings (SSSR count). The fraction of sp³-hybridized carbons (Fsp3) is 0.143. The predicted octanol–water partition coefficient (Wildman–Crippen LogP) is 3.34. The number of hydrogen-bond acceptors (Lipinski definition) is 4. The highest BCUT2D eigenvalue weighted by atomic mass is 16.2. The summed E-state index contributed by atoms with van der Waals surface area (Å²) in [5.41, 5.74) is 1.78. The molecule has 0 saturated carbocycles. The van der Waals surface area contributed by atoms with Gasteiger partial charge in [-0.05, 0) is 18.6 Å². The van der Waals surface area contributed by atoms with Crippen LogP contribution in [0, 0.1) is 0 Å². The Labute approximate surface area is 156 Å². The van der Waals surface area contributed by atoms with Crippen LogP contribution in [0.4, 0.5) is 0 Å². The molecule has 2 heterocycles. The third-order valence-corrected chi connectivity index (χ3v) is 4.46. The SMILES string of the molecule is CCN(Cc1ccccc1)C(=O)/C=C/c1nnc2c3ccccc3cnn12. The van der Waals surface area contributed by atoms with Gasteiger partial charge < -0.3 is 4.90 Å². The van der Waals surface area contributed by atoms with Crippen LogP contribution in [-0.2, 0) is 11.3 Å². The van der Waals surface area contributed by atoms with Crippen LogP contribution in [0.2, 0.25) is 0 Å². The van der Waals surface area contributed by atoms with Crippen molar-refractivity contribution in [3.05, 3.63) is 78.3 Å². The highest BCUT2D eigenvalue weighted by Gasteiger charge is 2.11. The van der Waals surface area contributed by atoms with E-state index in [1.165, 1.54) is 6.08 Å². The number of nitrogens with zero attached hydrogens (tertiary/aromatic N) is 5. The van der Waals surface area contributed by atoms with E-state index in [1.54, 1.807) is 21.7 Å². The smallest absolute Gasteiger partial charge is 0.246 e. The molecule has 2 aromatic carbocycles. The molecule has 4 aromatic rings. The molecule has 1 amide bonds. The van der Waals surface area contributed by atoms with Gasteiger partial charge in [-0.25, -0.2) is 0 Å². The first kappa shape index (κ1) is 16.9. The lowest BCUT2D eigenvalue weighted by atomic mass is 10.2. The lowest BCUT2D eigenvalue weighted by Crippen LogP contribution is -2.28. The summed E-state index contributed by atoms with van der Waals surface area (Å²) in [6.07, 6.45) is 4.97. The molecule has 27 heavy (non-hydrogen) atoms. The van der Waals surface area contributed by atoms with Crippen molar-refractivity contribution in [2.24, 2.45) is 0 Å². The Hall–Kier alpha value is -3.54. The number of amides is 1. The number of carbonyl (C=O) groups is 1. The van der Waals surface area contributed by atoms with Crippen LogP contribution in [-0.4, -0.2) is 37.2 Å². The van der Waals surface area contributed by atoms with E-state index < -0.39 is 0 Å². The van der Waals surface area contributed by atoms with Crippen molar-refractivity contribution in [2.45, 2.75) is 13.5 Å². The second-order valence-corrected chi connectivity index (χ2v) is 6.20. The molecule has 0 aliphatic carbocycles. The van der Waals surface area contributed by atoms with Crippen LogP contribution in [0.1, 0.15) is 18.3 Å². The molecule has 6 heteroatoms. The van der Waals surface area contributed by atoms with Gasteiger partial charge in [0.05, 0.1) is 6.20 Å². The first-order valence-corrected chi connectivity index (χ1v) is 8.86. The quantitative estimate of drug-likeness (QED) is 0.514. The van der Waals surface area contributed by atoms with Gasteiger partial charge in [0.25, 0.3) is 0 Å². The third-order valence-electron chi connectivity index (χ3n) is 4.46. The van der Waals surface area contributed by atoms with Gasteiger partial charge in [0.1, 0.15) is 0 Å². The first-order valence-electron chi connectivity index (χ1n) is 8.86. The average Bonchev–Trinajstić information content (AvgIpc) is 3.14. The van der Waals surface area contributed by atoms with Crippen LogP contribution < -0.4 is 0 Å². The molecule has 2 aromatic heterocycles. The molecular weight excluding hydrogens is 338 g/mol. The summed E-state index contributed by atoms with van der Waals surface area (Å²) in [5, 5.41) is 14.8. The summed E-state index contributed by atoms with van der Waals surface area (Å²) in [5.74, 6) is 0.457. The van der Waals surface area contributed by atoms with E-state index >= 15 is 0 Å². The lowest BCUT2D eigenvalue weighted by molar-refractivity contribution is -0.126. The fourth-order valence-corrected chi connectivity index (χ4v) is 3.01. The van der Waals surface area contributed by atoms with Gasteiger partial charge in [0.15, 0.2) is 11.5 Å². The van der Waals surface area contributed by atoms with Crippen molar-refractivity contribution < 1.29 is 4.79 Å². The molecule has 0 atom stereocenters. The van der Waals surface area contributed by atoms with Crippen molar-refractivity contribution in [1.29, 1.82) is 0 Å². The molecule has 0 unspecified atom stereocenters. The second kappa shape index (κ2) is 7.37. The van der Waals surface area contributed by atoms with Crippen molar-refractivity contribution in [2.75, 3.05) is 6.54 Å². The number of carbonyl (C=O) groups excluding carboxylic acids is 1. The molecule has 0 spiro atoms. The summed E-state index contributed by atoms with van der Waals surface area (Å²) in [7, 11) is 0. The Bertz CT molecular complexity index is 1120. The molecular formula is C21H19N5O. The Morgan fingerprint density at radius 3 is 2.67 bits per heavy atom. The standard InChI is InChI=1S/C21H19N5O/c1-2-25(15-16-8-4-3-5-9-16)20(27)13-12-19-23-24-21-18-11-7-6-10-17(18)14-22-26(19)21/h3-14H,2,15H2,1H3/b13-12+. The minimum Gasteiger partial charge on any atom is -0.335 e. The molecule has 0 aliphatic heterocycles. The highest BCUT2D eigenvalue weighted by molar-refractivity contribution is 5.94. The highest BCUT2D eigenvalue weighted by Crippen LogP contribution is 2.17. The van der Waals surface area contributed by atoms with Gasteiger partial charge in [0.2, 0.25) is 5.91 Å². The largest absolute Gasteiger partial charge is 0.335 e. The molecule has 0 N–H and O–H groups in total. The Balaban J connectivity index is 1.58. The summed E-state index contributed by atoms with van der Waals surface area (Å²) >= 11 is 0. The zero-order valence-electron chi connectivity index (χ0n) is 15.0. The van der Waals surface area contributed by atoms with Crippen LogP contribution in [0.5, 0.6) is 0 Å². The maximum Gasteiger partial charge on any atom is 0.246 e. The molecule has 0 saturated heterocycles. The van der Waals surface area contributed by atoms with Gasteiger partial charge in [-0.15, -0.1) is 10.2 Å². The van der Waals surface area contributed by atoms with Crippen molar-refractivity contribution >= 4 is 28.4 Å². The van der Waals surface area contributed by atoms with Crippen molar-refractivity contribution in [1.82, 2.24) is 24.7 Å². The number of hydrogen-bond donors (Lipinski definition) is 0. The average molecular weight is 357 g/mol. The van der Waals surface area contributed by atoms with Gasteiger partial charge in [-0.2, -0.15) is 9.61 Å². The van der Waals surface area contributed by atoms with E-state index in [4.69, 9.17) is 0 Å². The van der Waals surface area contributed by atoms with Crippen LogP contribution in [0.15, 0.2) is 66.9 Å². The number of likely N-dealkylation sites (N-methyl/N-ethyl adjacent to an activating group) is 1. The number of benzene rings is 2. The summed E-state index contributed by atoms with van der Waals surface area (Å²) in [6.45, 7) is 3.17. The maximum absolute atomic E-state index is 12.6. The van der Waals surface area contributed by atoms with Crippen LogP contribution in [0.25, 0.3) is 22.5 Å². The molecule has 0 aliphatic rings. The molecule has 0 fully saturated rings. The van der Waals surface area contributed by atoms with Gasteiger partial charge >= 0.3 is 0 Å². The van der Waals surface area contributed by atoms with E-state index in [1.807, 2.05) is 61.5 Å². The molecule has 6 nitrogen and oxygen atoms in total.